The second-order valence-corrected chi connectivity index (χ2v) is 16.0. The molecule has 318 valence electrons. The normalized spacial score (nSPS) is 17.1. The van der Waals surface area contributed by atoms with E-state index in [9.17, 15) is 29.1 Å². The number of ether oxygens (including phenoxy) is 1. The molecule has 0 saturated carbocycles. The average Bonchev–Trinajstić information content (AvgIpc) is 3.61. The molecule has 4 aromatic rings. The van der Waals surface area contributed by atoms with Gasteiger partial charge in [0.15, 0.2) is 0 Å². The second-order valence-electron chi connectivity index (χ2n) is 15.6. The number of carbonyl (C=O) groups is 5. The van der Waals surface area contributed by atoms with Crippen molar-refractivity contribution >= 4 is 58.0 Å². The van der Waals surface area contributed by atoms with Gasteiger partial charge in [0.1, 0.15) is 24.1 Å². The van der Waals surface area contributed by atoms with Crippen LogP contribution < -0.4 is 15.4 Å². The van der Waals surface area contributed by atoms with Gasteiger partial charge in [0.2, 0.25) is 23.6 Å². The highest BCUT2D eigenvalue weighted by Gasteiger charge is 2.40. The Labute approximate surface area is 361 Å². The number of rotatable bonds is 17. The van der Waals surface area contributed by atoms with Crippen LogP contribution in [0, 0.1) is 0 Å². The number of piperazine rings is 1. The summed E-state index contributed by atoms with van der Waals surface area (Å²) in [7, 11) is 0. The topological polar surface area (TPSA) is 149 Å². The van der Waals surface area contributed by atoms with Crippen molar-refractivity contribution in [3.05, 3.63) is 125 Å². The maximum atomic E-state index is 13.1. The molecule has 3 aliphatic rings. The predicted molar refractivity (Wildman–Crippen MR) is 235 cm³/mol. The van der Waals surface area contributed by atoms with Crippen LogP contribution in [0.15, 0.2) is 97.1 Å². The number of nitrogens with zero attached hydrogens (tertiary/aromatic N) is 3. The minimum atomic E-state index is -0.720. The molecule has 1 unspecified atom stereocenters. The van der Waals surface area contributed by atoms with Crippen LogP contribution in [0.3, 0.4) is 0 Å². The molecule has 1 atom stereocenters. The minimum Gasteiger partial charge on any atom is -0.508 e. The van der Waals surface area contributed by atoms with E-state index < -0.39 is 11.9 Å². The summed E-state index contributed by atoms with van der Waals surface area (Å²) in [5.74, 6) is 0.323. The standard InChI is InChI=1S/C48H52ClN5O7/c49-25-24-38(33-8-3-1-4-9-33)46(34-14-18-36(55)19-15-34)35-16-20-37(21-17-35)61-31-30-52-26-28-53(29-27-52)45(58)13-6-2-5-12-43(56)50-41-11-7-10-39-40(41)32-54(48(39)60)42-22-23-44(57)51-47(42)59/h1,3-4,7-11,14-21,42,55H,2,5-6,12-13,22-32H2,(H,50,56)(H,51,57,59). The molecule has 0 radical (unpaired) electrons. The maximum absolute atomic E-state index is 13.1. The summed E-state index contributed by atoms with van der Waals surface area (Å²) in [6.07, 6.45) is 3.92. The summed E-state index contributed by atoms with van der Waals surface area (Å²) in [5.41, 5.74) is 6.97. The molecule has 2 fully saturated rings. The summed E-state index contributed by atoms with van der Waals surface area (Å²) in [6, 6.07) is 30.0. The number of halogens is 1. The first-order chi connectivity index (χ1) is 29.7. The van der Waals surface area contributed by atoms with E-state index in [1.807, 2.05) is 47.4 Å². The third kappa shape index (κ3) is 10.9. The van der Waals surface area contributed by atoms with Gasteiger partial charge in [-0.15, -0.1) is 11.6 Å². The lowest BCUT2D eigenvalue weighted by molar-refractivity contribution is -0.137. The zero-order chi connectivity index (χ0) is 42.7. The number of unbranched alkanes of at least 4 members (excludes halogenated alkanes) is 2. The molecule has 13 heteroatoms. The fourth-order valence-electron chi connectivity index (χ4n) is 8.33. The number of aromatic hydroxyl groups is 1. The Morgan fingerprint density at radius 1 is 0.787 bits per heavy atom. The molecule has 3 heterocycles. The first-order valence-corrected chi connectivity index (χ1v) is 21.7. The third-order valence-corrected chi connectivity index (χ3v) is 11.8. The number of allylic oxidation sites excluding steroid dienone is 1. The lowest BCUT2D eigenvalue weighted by Crippen LogP contribution is -2.52. The monoisotopic (exact) mass is 845 g/mol. The van der Waals surface area contributed by atoms with E-state index in [1.165, 1.54) is 4.90 Å². The van der Waals surface area contributed by atoms with Crippen molar-refractivity contribution in [3.8, 4) is 11.5 Å². The zero-order valence-electron chi connectivity index (χ0n) is 34.2. The van der Waals surface area contributed by atoms with Gasteiger partial charge in [0.25, 0.3) is 5.91 Å². The Morgan fingerprint density at radius 3 is 2.20 bits per heavy atom. The first-order valence-electron chi connectivity index (χ1n) is 21.1. The number of amides is 5. The molecule has 5 amide bonds. The Hall–Kier alpha value is -5.98. The Bertz CT molecular complexity index is 2240. The molecule has 61 heavy (non-hydrogen) atoms. The molecule has 3 N–H and O–H groups in total. The van der Waals surface area contributed by atoms with E-state index in [1.54, 1.807) is 30.3 Å². The van der Waals surface area contributed by atoms with Crippen LogP contribution in [0.5, 0.6) is 11.5 Å². The van der Waals surface area contributed by atoms with Gasteiger partial charge in [-0.1, -0.05) is 67.1 Å². The highest BCUT2D eigenvalue weighted by Crippen LogP contribution is 2.36. The number of benzene rings is 4. The fourth-order valence-corrected chi connectivity index (χ4v) is 8.52. The number of hydrogen-bond acceptors (Lipinski definition) is 8. The summed E-state index contributed by atoms with van der Waals surface area (Å²) in [6.45, 7) is 4.34. The molecule has 0 bridgehead atoms. The van der Waals surface area contributed by atoms with Crippen molar-refractivity contribution in [2.24, 2.45) is 0 Å². The van der Waals surface area contributed by atoms with E-state index in [0.717, 1.165) is 59.6 Å². The van der Waals surface area contributed by atoms with Crippen LogP contribution in [0.4, 0.5) is 5.69 Å². The van der Waals surface area contributed by atoms with Crippen LogP contribution in [-0.2, 0) is 25.7 Å². The lowest BCUT2D eigenvalue weighted by atomic mass is 9.88. The lowest BCUT2D eigenvalue weighted by Gasteiger charge is -2.34. The number of phenolic OH excluding ortho intramolecular Hbond substituents is 1. The number of alkyl halides is 1. The molecule has 2 saturated heterocycles. The molecule has 0 aromatic heterocycles. The number of imide groups is 1. The van der Waals surface area contributed by atoms with Crippen LogP contribution in [0.2, 0.25) is 0 Å². The molecule has 0 aliphatic carbocycles. The Morgan fingerprint density at radius 2 is 1.49 bits per heavy atom. The fraction of sp³-hybridized carbons (Fsp3) is 0.354. The van der Waals surface area contributed by atoms with Crippen molar-refractivity contribution in [1.82, 2.24) is 20.0 Å². The largest absolute Gasteiger partial charge is 0.508 e. The number of carbonyl (C=O) groups excluding carboxylic acids is 5. The molecular formula is C48H52ClN5O7. The third-order valence-electron chi connectivity index (χ3n) is 11.6. The Balaban J connectivity index is 0.808. The van der Waals surface area contributed by atoms with E-state index in [4.69, 9.17) is 16.3 Å². The average molecular weight is 846 g/mol. The minimum absolute atomic E-state index is 0.132. The van der Waals surface area contributed by atoms with E-state index in [-0.39, 0.29) is 55.2 Å². The van der Waals surface area contributed by atoms with Crippen molar-refractivity contribution in [1.29, 1.82) is 0 Å². The number of hydrogen-bond donors (Lipinski definition) is 3. The number of anilines is 1. The highest BCUT2D eigenvalue weighted by molar-refractivity contribution is 6.18. The summed E-state index contributed by atoms with van der Waals surface area (Å²) in [4.78, 5) is 68.7. The maximum Gasteiger partial charge on any atom is 0.255 e. The van der Waals surface area contributed by atoms with Crippen LogP contribution in [-0.4, -0.2) is 101 Å². The number of piperidine rings is 1. The predicted octanol–water partition coefficient (Wildman–Crippen LogP) is 6.85. The first kappa shape index (κ1) is 43.1. The van der Waals surface area contributed by atoms with Gasteiger partial charge in [-0.25, -0.2) is 0 Å². The van der Waals surface area contributed by atoms with Gasteiger partial charge >= 0.3 is 0 Å². The van der Waals surface area contributed by atoms with E-state index >= 15 is 0 Å². The summed E-state index contributed by atoms with van der Waals surface area (Å²) in [5, 5.41) is 15.2. The van der Waals surface area contributed by atoms with E-state index in [2.05, 4.69) is 39.8 Å². The number of fused-ring (bicyclic) bond motifs is 1. The zero-order valence-corrected chi connectivity index (χ0v) is 35.0. The van der Waals surface area contributed by atoms with Crippen LogP contribution in [0.1, 0.15) is 84.0 Å². The Kier molecular flexibility index (Phi) is 14.5. The second kappa shape index (κ2) is 20.5. The summed E-state index contributed by atoms with van der Waals surface area (Å²) < 4.78 is 6.16. The van der Waals surface area contributed by atoms with Crippen LogP contribution >= 0.6 is 11.6 Å². The molecule has 12 nitrogen and oxygen atoms in total. The van der Waals surface area contributed by atoms with Gasteiger partial charge in [0.05, 0.1) is 0 Å². The molecule has 7 rings (SSSR count). The van der Waals surface area contributed by atoms with Crippen LogP contribution in [0.25, 0.3) is 11.1 Å². The number of nitrogens with one attached hydrogen (secondary N) is 2. The van der Waals surface area contributed by atoms with Gasteiger partial charge in [0, 0.05) is 81.2 Å². The molecule has 3 aliphatic heterocycles. The van der Waals surface area contributed by atoms with Gasteiger partial charge < -0.3 is 25.0 Å². The number of phenols is 1. The van der Waals surface area contributed by atoms with Crippen molar-refractivity contribution < 1.29 is 33.8 Å². The van der Waals surface area contributed by atoms with Crippen molar-refractivity contribution in [3.63, 3.8) is 0 Å². The molecule has 0 spiro atoms. The smallest absolute Gasteiger partial charge is 0.255 e. The highest BCUT2D eigenvalue weighted by atomic mass is 35.5. The van der Waals surface area contributed by atoms with Gasteiger partial charge in [-0.05, 0) is 89.9 Å². The van der Waals surface area contributed by atoms with E-state index in [0.29, 0.717) is 68.1 Å². The molecule has 4 aromatic carbocycles. The van der Waals surface area contributed by atoms with Gasteiger partial charge in [-0.2, -0.15) is 0 Å². The molecular weight excluding hydrogens is 794 g/mol. The van der Waals surface area contributed by atoms with Crippen molar-refractivity contribution in [2.45, 2.75) is 64.0 Å². The van der Waals surface area contributed by atoms with Gasteiger partial charge in [-0.3, -0.25) is 34.2 Å². The van der Waals surface area contributed by atoms with Crippen molar-refractivity contribution in [2.75, 3.05) is 50.5 Å². The SMILES string of the molecule is O=C1CCC(N2Cc3c(NC(=O)CCCCCC(=O)N4CCN(CCOc5ccc(C(=C(CCCl)c6ccccc6)c6ccc(O)cc6)cc5)CC4)cccc3C2=O)C(=O)N1. The summed E-state index contributed by atoms with van der Waals surface area (Å²) >= 11 is 6.31. The quantitative estimate of drug-likeness (QED) is 0.0453.